The Hall–Kier alpha value is -3.32. The molecule has 3 aromatic heterocycles. The quantitative estimate of drug-likeness (QED) is 0.555. The number of hydrogen-bond acceptors (Lipinski definition) is 5. The maximum Gasteiger partial charge on any atom is 0.229 e. The first-order chi connectivity index (χ1) is 13.6. The molecule has 7 heteroatoms. The molecule has 1 aromatic carbocycles. The molecule has 0 saturated carbocycles. The van der Waals surface area contributed by atoms with Crippen LogP contribution in [0, 0.1) is 13.8 Å². The molecule has 0 aliphatic rings. The van der Waals surface area contributed by atoms with E-state index in [-0.39, 0.29) is 12.3 Å². The number of hydrogen-bond donors (Lipinski definition) is 1. The molecule has 28 heavy (non-hydrogen) atoms. The van der Waals surface area contributed by atoms with Gasteiger partial charge in [-0.25, -0.2) is 14.6 Å². The lowest BCUT2D eigenvalue weighted by molar-refractivity contribution is -0.115. The first kappa shape index (κ1) is 18.1. The Kier molecular flexibility index (Phi) is 4.99. The van der Waals surface area contributed by atoms with Crippen molar-refractivity contribution in [3.63, 3.8) is 0 Å². The summed E-state index contributed by atoms with van der Waals surface area (Å²) in [5, 5.41) is 8.10. The number of benzene rings is 1. The molecule has 0 spiro atoms. The fourth-order valence-electron chi connectivity index (χ4n) is 2.94. The number of rotatable bonds is 5. The van der Waals surface area contributed by atoms with Gasteiger partial charge in [0.15, 0.2) is 5.82 Å². The highest BCUT2D eigenvalue weighted by atomic mass is 32.1. The van der Waals surface area contributed by atoms with Gasteiger partial charge in [-0.15, -0.1) is 11.3 Å². The zero-order chi connectivity index (χ0) is 19.5. The number of nitrogens with zero attached hydrogens (tertiary/aromatic N) is 4. The molecule has 140 valence electrons. The van der Waals surface area contributed by atoms with Crippen molar-refractivity contribution in [1.29, 1.82) is 0 Å². The SMILES string of the molecule is Cc1ccc(-c2nc(C)sc2CC(=O)Nc2cccnc2-n2cccn2)cc1. The second-order valence-electron chi connectivity index (χ2n) is 6.42. The summed E-state index contributed by atoms with van der Waals surface area (Å²) in [4.78, 5) is 22.7. The molecule has 4 aromatic rings. The van der Waals surface area contributed by atoms with E-state index in [1.807, 2.05) is 31.2 Å². The lowest BCUT2D eigenvalue weighted by Gasteiger charge is -2.10. The topological polar surface area (TPSA) is 72.7 Å². The van der Waals surface area contributed by atoms with E-state index in [0.717, 1.165) is 21.1 Å². The van der Waals surface area contributed by atoms with Gasteiger partial charge in [-0.2, -0.15) is 5.10 Å². The minimum absolute atomic E-state index is 0.113. The summed E-state index contributed by atoms with van der Waals surface area (Å²) in [6.07, 6.45) is 5.39. The lowest BCUT2D eigenvalue weighted by Crippen LogP contribution is -2.16. The maximum atomic E-state index is 12.8. The van der Waals surface area contributed by atoms with Gasteiger partial charge in [0.1, 0.15) is 0 Å². The summed E-state index contributed by atoms with van der Waals surface area (Å²) in [6, 6.07) is 13.6. The van der Waals surface area contributed by atoms with Gasteiger partial charge in [-0.3, -0.25) is 4.79 Å². The van der Waals surface area contributed by atoms with Crippen LogP contribution in [0.25, 0.3) is 17.1 Å². The highest BCUT2D eigenvalue weighted by Gasteiger charge is 2.16. The van der Waals surface area contributed by atoms with E-state index in [4.69, 9.17) is 0 Å². The largest absolute Gasteiger partial charge is 0.323 e. The molecule has 6 nitrogen and oxygen atoms in total. The summed E-state index contributed by atoms with van der Waals surface area (Å²) in [5.41, 5.74) is 3.71. The van der Waals surface area contributed by atoms with E-state index in [2.05, 4.69) is 39.4 Å². The van der Waals surface area contributed by atoms with E-state index in [1.54, 1.807) is 40.7 Å². The van der Waals surface area contributed by atoms with Crippen molar-refractivity contribution >= 4 is 22.9 Å². The number of thiazole rings is 1. The molecule has 0 aliphatic heterocycles. The lowest BCUT2D eigenvalue weighted by atomic mass is 10.1. The zero-order valence-electron chi connectivity index (χ0n) is 15.6. The number of nitrogens with one attached hydrogen (secondary N) is 1. The summed E-state index contributed by atoms with van der Waals surface area (Å²) >= 11 is 1.55. The Morgan fingerprint density at radius 2 is 1.93 bits per heavy atom. The fourth-order valence-corrected chi connectivity index (χ4v) is 3.89. The molecule has 4 rings (SSSR count). The van der Waals surface area contributed by atoms with Gasteiger partial charge < -0.3 is 5.32 Å². The third-order valence-electron chi connectivity index (χ3n) is 4.23. The van der Waals surface area contributed by atoms with Crippen molar-refractivity contribution in [3.05, 3.63) is 76.5 Å². The van der Waals surface area contributed by atoms with Crippen LogP contribution in [-0.2, 0) is 11.2 Å². The average Bonchev–Trinajstić information content (AvgIpc) is 3.33. The molecular weight excluding hydrogens is 370 g/mol. The summed E-state index contributed by atoms with van der Waals surface area (Å²) < 4.78 is 1.63. The Balaban J connectivity index is 1.57. The Morgan fingerprint density at radius 1 is 1.11 bits per heavy atom. The zero-order valence-corrected chi connectivity index (χ0v) is 16.4. The Labute approximate surface area is 166 Å². The van der Waals surface area contributed by atoms with Crippen molar-refractivity contribution in [2.45, 2.75) is 20.3 Å². The number of anilines is 1. The molecule has 0 aliphatic carbocycles. The molecule has 1 N–H and O–H groups in total. The molecule has 0 atom stereocenters. The highest BCUT2D eigenvalue weighted by Crippen LogP contribution is 2.29. The van der Waals surface area contributed by atoms with Crippen molar-refractivity contribution in [3.8, 4) is 17.1 Å². The van der Waals surface area contributed by atoms with Crippen LogP contribution in [0.5, 0.6) is 0 Å². The van der Waals surface area contributed by atoms with Gasteiger partial charge in [-0.05, 0) is 32.0 Å². The van der Waals surface area contributed by atoms with E-state index in [0.29, 0.717) is 11.5 Å². The van der Waals surface area contributed by atoms with Crippen LogP contribution in [0.15, 0.2) is 61.1 Å². The van der Waals surface area contributed by atoms with Crippen molar-refractivity contribution in [1.82, 2.24) is 19.7 Å². The second-order valence-corrected chi connectivity index (χ2v) is 7.71. The Bertz CT molecular complexity index is 1100. The van der Waals surface area contributed by atoms with Crippen LogP contribution >= 0.6 is 11.3 Å². The first-order valence-electron chi connectivity index (χ1n) is 8.88. The molecule has 0 fully saturated rings. The fraction of sp³-hybridized carbons (Fsp3) is 0.143. The predicted octanol–water partition coefficient (Wildman–Crippen LogP) is 4.19. The molecule has 0 saturated heterocycles. The molecule has 0 radical (unpaired) electrons. The van der Waals surface area contributed by atoms with Gasteiger partial charge in [0.05, 0.1) is 22.8 Å². The van der Waals surface area contributed by atoms with Gasteiger partial charge >= 0.3 is 0 Å². The van der Waals surface area contributed by atoms with Crippen LogP contribution in [0.4, 0.5) is 5.69 Å². The minimum atomic E-state index is -0.113. The summed E-state index contributed by atoms with van der Waals surface area (Å²) in [7, 11) is 0. The van der Waals surface area contributed by atoms with Crippen LogP contribution < -0.4 is 5.32 Å². The minimum Gasteiger partial charge on any atom is -0.323 e. The van der Waals surface area contributed by atoms with Gasteiger partial charge in [0, 0.05) is 29.0 Å². The number of carbonyl (C=O) groups is 1. The highest BCUT2D eigenvalue weighted by molar-refractivity contribution is 7.12. The predicted molar refractivity (Wildman–Crippen MR) is 111 cm³/mol. The molecule has 0 unspecified atom stereocenters. The third-order valence-corrected chi connectivity index (χ3v) is 5.20. The number of amides is 1. The first-order valence-corrected chi connectivity index (χ1v) is 9.70. The van der Waals surface area contributed by atoms with Gasteiger partial charge in [0.25, 0.3) is 0 Å². The van der Waals surface area contributed by atoms with E-state index >= 15 is 0 Å². The molecule has 3 heterocycles. The maximum absolute atomic E-state index is 12.8. The van der Waals surface area contributed by atoms with Crippen LogP contribution in [0.2, 0.25) is 0 Å². The van der Waals surface area contributed by atoms with Crippen LogP contribution in [-0.4, -0.2) is 25.7 Å². The monoisotopic (exact) mass is 389 g/mol. The number of aromatic nitrogens is 4. The van der Waals surface area contributed by atoms with E-state index < -0.39 is 0 Å². The summed E-state index contributed by atoms with van der Waals surface area (Å²) in [6.45, 7) is 4.01. The van der Waals surface area contributed by atoms with Crippen LogP contribution in [0.1, 0.15) is 15.4 Å². The second kappa shape index (κ2) is 7.74. The smallest absolute Gasteiger partial charge is 0.229 e. The van der Waals surface area contributed by atoms with Crippen LogP contribution in [0.3, 0.4) is 0 Å². The van der Waals surface area contributed by atoms with Crippen molar-refractivity contribution in [2.75, 3.05) is 5.32 Å². The number of pyridine rings is 1. The number of aryl methyl sites for hydroxylation is 2. The molecule has 1 amide bonds. The van der Waals surface area contributed by atoms with E-state index in [9.17, 15) is 4.79 Å². The van der Waals surface area contributed by atoms with Crippen molar-refractivity contribution < 1.29 is 4.79 Å². The number of carbonyl (C=O) groups excluding carboxylic acids is 1. The normalized spacial score (nSPS) is 10.8. The van der Waals surface area contributed by atoms with Crippen molar-refractivity contribution in [2.24, 2.45) is 0 Å². The third kappa shape index (κ3) is 3.84. The van der Waals surface area contributed by atoms with E-state index in [1.165, 1.54) is 5.56 Å². The Morgan fingerprint density at radius 3 is 2.68 bits per heavy atom. The average molecular weight is 389 g/mol. The summed E-state index contributed by atoms with van der Waals surface area (Å²) in [5.74, 6) is 0.471. The van der Waals surface area contributed by atoms with Gasteiger partial charge in [0.2, 0.25) is 5.91 Å². The standard InChI is InChI=1S/C21H19N5OS/c1-14-6-8-16(9-7-14)20-18(28-15(2)24-20)13-19(27)25-17-5-3-10-22-21(17)26-12-4-11-23-26/h3-12H,13H2,1-2H3,(H,25,27). The van der Waals surface area contributed by atoms with Gasteiger partial charge in [-0.1, -0.05) is 29.8 Å². The molecular formula is C21H19N5OS. The molecule has 0 bridgehead atoms.